The average molecular weight is 388 g/mol. The number of halogens is 2. The minimum Gasteiger partial charge on any atom is -0.336 e. The van der Waals surface area contributed by atoms with Crippen LogP contribution in [0.15, 0.2) is 28.9 Å². The van der Waals surface area contributed by atoms with E-state index < -0.39 is 11.6 Å². The van der Waals surface area contributed by atoms with Gasteiger partial charge in [0.2, 0.25) is 0 Å². The Morgan fingerprint density at radius 2 is 2.11 bits per heavy atom. The van der Waals surface area contributed by atoms with Crippen molar-refractivity contribution in [1.29, 1.82) is 0 Å². The van der Waals surface area contributed by atoms with E-state index in [4.69, 9.17) is 4.52 Å². The lowest BCUT2D eigenvalue weighted by Gasteiger charge is -2.16. The van der Waals surface area contributed by atoms with E-state index in [-0.39, 0.29) is 23.4 Å². The van der Waals surface area contributed by atoms with Gasteiger partial charge in [-0.25, -0.2) is 13.5 Å². The fourth-order valence-electron chi connectivity index (χ4n) is 3.08. The Balaban J connectivity index is 1.46. The minimum absolute atomic E-state index is 0.0806. The molecule has 0 bridgehead atoms. The van der Waals surface area contributed by atoms with E-state index >= 15 is 0 Å². The van der Waals surface area contributed by atoms with E-state index in [2.05, 4.69) is 20.5 Å². The van der Waals surface area contributed by atoms with Crippen molar-refractivity contribution < 1.29 is 18.1 Å². The van der Waals surface area contributed by atoms with Crippen molar-refractivity contribution in [2.45, 2.75) is 32.2 Å². The largest absolute Gasteiger partial charge is 0.336 e. The van der Waals surface area contributed by atoms with Crippen LogP contribution in [0.4, 0.5) is 8.78 Å². The van der Waals surface area contributed by atoms with Crippen LogP contribution < -0.4 is 0 Å². The zero-order chi connectivity index (χ0) is 19.8. The summed E-state index contributed by atoms with van der Waals surface area (Å²) in [6.45, 7) is 4.79. The second-order valence-corrected chi connectivity index (χ2v) is 7.02. The molecule has 3 aromatic rings. The molecule has 0 aliphatic carbocycles. The van der Waals surface area contributed by atoms with Gasteiger partial charge in [0.25, 0.3) is 11.8 Å². The van der Waals surface area contributed by atoms with Crippen LogP contribution in [0.2, 0.25) is 0 Å². The summed E-state index contributed by atoms with van der Waals surface area (Å²) in [6, 6.07) is 3.07. The van der Waals surface area contributed by atoms with E-state index in [0.717, 1.165) is 12.1 Å². The first-order valence-corrected chi connectivity index (χ1v) is 8.92. The number of rotatable bonds is 4. The monoisotopic (exact) mass is 388 g/mol. The van der Waals surface area contributed by atoms with Crippen LogP contribution in [0.3, 0.4) is 0 Å². The molecule has 1 aromatic carbocycles. The van der Waals surface area contributed by atoms with E-state index in [1.807, 2.05) is 13.8 Å². The molecule has 0 N–H and O–H groups in total. The maximum Gasteiger partial charge on any atom is 0.280 e. The molecule has 1 aliphatic heterocycles. The van der Waals surface area contributed by atoms with Crippen molar-refractivity contribution in [2.24, 2.45) is 0 Å². The summed E-state index contributed by atoms with van der Waals surface area (Å²) in [5.74, 6) is -1.34. The highest BCUT2D eigenvalue weighted by Gasteiger charge is 2.29. The number of amides is 1. The van der Waals surface area contributed by atoms with Crippen LogP contribution in [0.5, 0.6) is 0 Å². The Bertz CT molecular complexity index is 1020. The topological polar surface area (TPSA) is 89.9 Å². The minimum atomic E-state index is -1.04. The molecular formula is C18H18F2N6O2. The summed E-state index contributed by atoms with van der Waals surface area (Å²) < 4.78 is 33.3. The van der Waals surface area contributed by atoms with Crippen LogP contribution in [0.1, 0.15) is 48.4 Å². The number of carbonyl (C=O) groups excluding carboxylic acids is 1. The molecule has 146 valence electrons. The van der Waals surface area contributed by atoms with E-state index in [9.17, 15) is 13.6 Å². The first-order chi connectivity index (χ1) is 13.4. The van der Waals surface area contributed by atoms with Gasteiger partial charge in [0.05, 0.1) is 12.2 Å². The molecule has 0 spiro atoms. The van der Waals surface area contributed by atoms with Gasteiger partial charge >= 0.3 is 0 Å². The van der Waals surface area contributed by atoms with Crippen molar-refractivity contribution in [3.8, 4) is 11.6 Å². The fourth-order valence-corrected chi connectivity index (χ4v) is 3.08. The lowest BCUT2D eigenvalue weighted by molar-refractivity contribution is 0.0786. The lowest BCUT2D eigenvalue weighted by Crippen LogP contribution is -2.29. The van der Waals surface area contributed by atoms with Gasteiger partial charge in [-0.1, -0.05) is 24.2 Å². The highest BCUT2D eigenvalue weighted by atomic mass is 19.2. The number of aromatic nitrogens is 5. The van der Waals surface area contributed by atoms with E-state index in [1.165, 1.54) is 6.07 Å². The highest BCUT2D eigenvalue weighted by Crippen LogP contribution is 2.25. The molecular weight excluding hydrogens is 370 g/mol. The normalized spacial score (nSPS) is 16.9. The summed E-state index contributed by atoms with van der Waals surface area (Å²) in [5, 5.41) is 12.1. The number of hydrogen-bond acceptors (Lipinski definition) is 6. The van der Waals surface area contributed by atoms with Gasteiger partial charge < -0.3 is 9.42 Å². The van der Waals surface area contributed by atoms with Gasteiger partial charge in [0, 0.05) is 24.6 Å². The number of carbonyl (C=O) groups is 1. The molecule has 3 heterocycles. The Kier molecular flexibility index (Phi) is 4.62. The summed E-state index contributed by atoms with van der Waals surface area (Å²) >= 11 is 0. The second-order valence-electron chi connectivity index (χ2n) is 7.02. The lowest BCUT2D eigenvalue weighted by atomic mass is 10.2. The van der Waals surface area contributed by atoms with Crippen LogP contribution in [0.25, 0.3) is 11.6 Å². The van der Waals surface area contributed by atoms with Gasteiger partial charge in [-0.2, -0.15) is 4.98 Å². The van der Waals surface area contributed by atoms with Crippen LogP contribution >= 0.6 is 0 Å². The average Bonchev–Trinajstić information content (AvgIpc) is 3.42. The molecule has 1 fully saturated rings. The molecule has 1 atom stereocenters. The van der Waals surface area contributed by atoms with E-state index in [0.29, 0.717) is 36.9 Å². The molecule has 1 aliphatic rings. The third kappa shape index (κ3) is 3.37. The maximum absolute atomic E-state index is 13.4. The van der Waals surface area contributed by atoms with Crippen LogP contribution in [-0.2, 0) is 0 Å². The smallest absolute Gasteiger partial charge is 0.280 e. The first kappa shape index (κ1) is 18.2. The zero-order valence-corrected chi connectivity index (χ0v) is 15.3. The molecule has 4 rings (SSSR count). The van der Waals surface area contributed by atoms with E-state index in [1.54, 1.807) is 15.8 Å². The summed E-state index contributed by atoms with van der Waals surface area (Å²) in [5.41, 5.74) is 0.579. The molecule has 8 nitrogen and oxygen atoms in total. The standard InChI is InChI=1S/C18H18F2N6O2/c1-10(2)16-21-17(28-23-16)15-9-26(24-22-15)12-5-6-25(8-12)18(27)11-3-4-13(19)14(20)7-11/h3-4,7,9-10,12H,5-6,8H2,1-2H3/t12-/m1/s1. The first-order valence-electron chi connectivity index (χ1n) is 8.92. The van der Waals surface area contributed by atoms with Gasteiger partial charge in [-0.05, 0) is 24.6 Å². The summed E-state index contributed by atoms with van der Waals surface area (Å²) in [4.78, 5) is 18.4. The molecule has 28 heavy (non-hydrogen) atoms. The third-order valence-corrected chi connectivity index (χ3v) is 4.68. The Labute approximate surface area is 159 Å². The number of benzene rings is 1. The molecule has 10 heteroatoms. The van der Waals surface area contributed by atoms with Gasteiger partial charge in [0.15, 0.2) is 23.2 Å². The molecule has 2 aromatic heterocycles. The van der Waals surface area contributed by atoms with Crippen molar-refractivity contribution in [3.05, 3.63) is 47.4 Å². The second kappa shape index (κ2) is 7.10. The molecule has 0 unspecified atom stereocenters. The molecule has 1 saturated heterocycles. The van der Waals surface area contributed by atoms with Crippen LogP contribution in [-0.4, -0.2) is 49.0 Å². The predicted octanol–water partition coefficient (Wildman–Crippen LogP) is 2.82. The molecule has 0 radical (unpaired) electrons. The Morgan fingerprint density at radius 3 is 2.82 bits per heavy atom. The zero-order valence-electron chi connectivity index (χ0n) is 15.3. The van der Waals surface area contributed by atoms with Gasteiger partial charge in [0.1, 0.15) is 0 Å². The third-order valence-electron chi connectivity index (χ3n) is 4.68. The number of likely N-dealkylation sites (tertiary alicyclic amines) is 1. The predicted molar refractivity (Wildman–Crippen MR) is 93.3 cm³/mol. The molecule has 0 saturated carbocycles. The SMILES string of the molecule is CC(C)c1noc(-c2cn([C@@H]3CCN(C(=O)c4ccc(F)c(F)c4)C3)nn2)n1. The Hall–Kier alpha value is -3.17. The highest BCUT2D eigenvalue weighted by molar-refractivity contribution is 5.94. The van der Waals surface area contributed by atoms with Crippen molar-refractivity contribution in [1.82, 2.24) is 30.0 Å². The fraction of sp³-hybridized carbons (Fsp3) is 0.389. The van der Waals surface area contributed by atoms with Crippen molar-refractivity contribution in [2.75, 3.05) is 13.1 Å². The van der Waals surface area contributed by atoms with Crippen LogP contribution in [0, 0.1) is 11.6 Å². The summed E-state index contributed by atoms with van der Waals surface area (Å²) in [7, 11) is 0. The van der Waals surface area contributed by atoms with Gasteiger partial charge in [-0.15, -0.1) is 5.10 Å². The van der Waals surface area contributed by atoms with Crippen molar-refractivity contribution >= 4 is 5.91 Å². The Morgan fingerprint density at radius 1 is 1.29 bits per heavy atom. The number of hydrogen-bond donors (Lipinski definition) is 0. The van der Waals surface area contributed by atoms with Gasteiger partial charge in [-0.3, -0.25) is 4.79 Å². The maximum atomic E-state index is 13.4. The summed E-state index contributed by atoms with van der Waals surface area (Å²) in [6.07, 6.45) is 2.37. The van der Waals surface area contributed by atoms with Crippen molar-refractivity contribution in [3.63, 3.8) is 0 Å². The quantitative estimate of drug-likeness (QED) is 0.683. The molecule has 1 amide bonds. The number of nitrogens with zero attached hydrogens (tertiary/aromatic N) is 6.